The van der Waals surface area contributed by atoms with Crippen LogP contribution in [0.3, 0.4) is 0 Å². The van der Waals surface area contributed by atoms with Crippen LogP contribution in [0, 0.1) is 18.8 Å². The van der Waals surface area contributed by atoms with Gasteiger partial charge in [0.2, 0.25) is 5.91 Å². The van der Waals surface area contributed by atoms with Gasteiger partial charge in [-0.25, -0.2) is 0 Å². The summed E-state index contributed by atoms with van der Waals surface area (Å²) in [4.78, 5) is 14.7. The van der Waals surface area contributed by atoms with Crippen molar-refractivity contribution in [3.05, 3.63) is 23.8 Å². The molecule has 2 fully saturated rings. The van der Waals surface area contributed by atoms with Gasteiger partial charge in [-0.2, -0.15) is 0 Å². The molecule has 3 unspecified atom stereocenters. The monoisotopic (exact) mass is 242 g/mol. The summed E-state index contributed by atoms with van der Waals surface area (Å²) in [5.74, 6) is 1.52. The first-order chi connectivity index (χ1) is 8.74. The highest BCUT2D eigenvalue weighted by atomic mass is 16.2. The number of aryl methyl sites for hydroxylation is 1. The molecule has 0 bridgehead atoms. The van der Waals surface area contributed by atoms with Gasteiger partial charge in [0.25, 0.3) is 0 Å². The lowest BCUT2D eigenvalue weighted by Gasteiger charge is -2.35. The first-order valence-electron chi connectivity index (χ1n) is 6.92. The summed E-state index contributed by atoms with van der Waals surface area (Å²) in [5.41, 5.74) is 3.48. The van der Waals surface area contributed by atoms with Crippen LogP contribution < -0.4 is 10.2 Å². The molecular weight excluding hydrogens is 224 g/mol. The van der Waals surface area contributed by atoms with E-state index in [0.29, 0.717) is 5.92 Å². The van der Waals surface area contributed by atoms with Gasteiger partial charge in [0.05, 0.1) is 11.4 Å². The predicted molar refractivity (Wildman–Crippen MR) is 71.8 cm³/mol. The van der Waals surface area contributed by atoms with Crippen LogP contribution in [0.1, 0.15) is 24.8 Å². The van der Waals surface area contributed by atoms with Crippen molar-refractivity contribution >= 4 is 17.3 Å². The largest absolute Gasteiger partial charge is 0.357 e. The number of rotatable bonds is 0. The third-order valence-corrected chi connectivity index (χ3v) is 4.88. The lowest BCUT2D eigenvalue weighted by Crippen LogP contribution is -2.46. The van der Waals surface area contributed by atoms with Crippen LogP contribution in [0.15, 0.2) is 18.2 Å². The fraction of sp³-hybridized carbons (Fsp3) is 0.533. The van der Waals surface area contributed by atoms with Crippen molar-refractivity contribution in [2.45, 2.75) is 32.2 Å². The molecule has 3 atom stereocenters. The zero-order valence-electron chi connectivity index (χ0n) is 10.6. The van der Waals surface area contributed by atoms with Crippen LogP contribution >= 0.6 is 0 Å². The van der Waals surface area contributed by atoms with Crippen molar-refractivity contribution in [2.75, 3.05) is 16.8 Å². The van der Waals surface area contributed by atoms with Crippen LogP contribution in [-0.2, 0) is 4.79 Å². The first kappa shape index (κ1) is 10.4. The topological polar surface area (TPSA) is 32.3 Å². The Morgan fingerprint density at radius 1 is 1.33 bits per heavy atom. The Bertz CT molecular complexity index is 525. The molecule has 0 spiro atoms. The van der Waals surface area contributed by atoms with Crippen molar-refractivity contribution in [3.8, 4) is 0 Å². The molecule has 1 aromatic carbocycles. The third kappa shape index (κ3) is 1.27. The lowest BCUT2D eigenvalue weighted by molar-refractivity contribution is -0.118. The van der Waals surface area contributed by atoms with E-state index in [1.54, 1.807) is 0 Å². The standard InChI is InChI=1S/C15H18N2O/c1-9-5-6-12-13(7-9)17-8-10-3-2-4-11(10)14(17)15(18)16-12/h5-7,10-11,14H,2-4,8H2,1H3,(H,16,18). The second kappa shape index (κ2) is 3.50. The van der Waals surface area contributed by atoms with Gasteiger partial charge in [0.1, 0.15) is 6.04 Å². The van der Waals surface area contributed by atoms with Crippen molar-refractivity contribution < 1.29 is 4.79 Å². The van der Waals surface area contributed by atoms with Crippen molar-refractivity contribution in [2.24, 2.45) is 11.8 Å². The van der Waals surface area contributed by atoms with Gasteiger partial charge in [0, 0.05) is 6.54 Å². The number of nitrogens with one attached hydrogen (secondary N) is 1. The van der Waals surface area contributed by atoms with Crippen LogP contribution in [0.5, 0.6) is 0 Å². The molecule has 1 aromatic rings. The summed E-state index contributed by atoms with van der Waals surface area (Å²) >= 11 is 0. The normalized spacial score (nSPS) is 32.8. The maximum Gasteiger partial charge on any atom is 0.247 e. The molecule has 94 valence electrons. The van der Waals surface area contributed by atoms with Crippen molar-refractivity contribution in [1.29, 1.82) is 0 Å². The molecule has 1 aliphatic carbocycles. The predicted octanol–water partition coefficient (Wildman–Crippen LogP) is 2.55. The Labute approximate surface area is 107 Å². The number of amides is 1. The highest BCUT2D eigenvalue weighted by molar-refractivity contribution is 6.04. The molecule has 1 N–H and O–H groups in total. The number of hydrogen-bond donors (Lipinski definition) is 1. The molecule has 0 radical (unpaired) electrons. The zero-order valence-corrected chi connectivity index (χ0v) is 10.6. The molecular formula is C15H18N2O. The maximum absolute atomic E-state index is 12.3. The van der Waals surface area contributed by atoms with E-state index in [1.165, 1.54) is 30.5 Å². The Hall–Kier alpha value is -1.51. The fourth-order valence-corrected chi connectivity index (χ4v) is 4.08. The average molecular weight is 242 g/mol. The second-order valence-electron chi connectivity index (χ2n) is 5.96. The summed E-state index contributed by atoms with van der Waals surface area (Å²) in [6.07, 6.45) is 3.82. The first-order valence-corrected chi connectivity index (χ1v) is 6.92. The number of fused-ring (bicyclic) bond motifs is 5. The molecule has 1 saturated carbocycles. The van der Waals surface area contributed by atoms with Gasteiger partial charge in [-0.3, -0.25) is 4.79 Å². The van der Waals surface area contributed by atoms with E-state index in [4.69, 9.17) is 0 Å². The Balaban J connectivity index is 1.81. The Morgan fingerprint density at radius 2 is 2.22 bits per heavy atom. The lowest BCUT2D eigenvalue weighted by atomic mass is 9.92. The molecule has 3 aliphatic rings. The van der Waals surface area contributed by atoms with Gasteiger partial charge in [0.15, 0.2) is 0 Å². The van der Waals surface area contributed by atoms with Crippen molar-refractivity contribution in [1.82, 2.24) is 0 Å². The molecule has 3 heteroatoms. The van der Waals surface area contributed by atoms with E-state index in [1.807, 2.05) is 6.07 Å². The molecule has 4 rings (SSSR count). The summed E-state index contributed by atoms with van der Waals surface area (Å²) in [6.45, 7) is 3.18. The highest BCUT2D eigenvalue weighted by Gasteiger charge is 2.49. The zero-order chi connectivity index (χ0) is 12.3. The molecule has 3 nitrogen and oxygen atoms in total. The number of carbonyl (C=O) groups is 1. The number of nitrogens with zero attached hydrogens (tertiary/aromatic N) is 1. The Morgan fingerprint density at radius 3 is 3.11 bits per heavy atom. The Kier molecular flexibility index (Phi) is 2.02. The van der Waals surface area contributed by atoms with Gasteiger partial charge < -0.3 is 10.2 Å². The average Bonchev–Trinajstić information content (AvgIpc) is 2.90. The van der Waals surface area contributed by atoms with Crippen LogP contribution in [0.25, 0.3) is 0 Å². The van der Waals surface area contributed by atoms with E-state index in [-0.39, 0.29) is 11.9 Å². The number of benzene rings is 1. The fourth-order valence-electron chi connectivity index (χ4n) is 4.08. The van der Waals surface area contributed by atoms with E-state index >= 15 is 0 Å². The van der Waals surface area contributed by atoms with Gasteiger partial charge >= 0.3 is 0 Å². The summed E-state index contributed by atoms with van der Waals surface area (Å²) in [7, 11) is 0. The summed E-state index contributed by atoms with van der Waals surface area (Å²) in [6, 6.07) is 6.40. The second-order valence-corrected chi connectivity index (χ2v) is 5.96. The van der Waals surface area contributed by atoms with Gasteiger partial charge in [-0.1, -0.05) is 12.5 Å². The summed E-state index contributed by atoms with van der Waals surface area (Å²) < 4.78 is 0. The smallest absolute Gasteiger partial charge is 0.247 e. The summed E-state index contributed by atoms with van der Waals surface area (Å²) in [5, 5.41) is 3.09. The van der Waals surface area contributed by atoms with Crippen LogP contribution in [-0.4, -0.2) is 18.5 Å². The molecule has 1 saturated heterocycles. The number of anilines is 2. The minimum atomic E-state index is 0.0896. The molecule has 18 heavy (non-hydrogen) atoms. The molecule has 1 amide bonds. The van der Waals surface area contributed by atoms with Crippen LogP contribution in [0.4, 0.5) is 11.4 Å². The minimum Gasteiger partial charge on any atom is -0.357 e. The van der Waals surface area contributed by atoms with E-state index < -0.39 is 0 Å². The number of hydrogen-bond acceptors (Lipinski definition) is 2. The molecule has 2 aliphatic heterocycles. The van der Waals surface area contributed by atoms with E-state index in [9.17, 15) is 4.79 Å². The third-order valence-electron chi connectivity index (χ3n) is 4.88. The highest BCUT2D eigenvalue weighted by Crippen LogP contribution is 2.47. The van der Waals surface area contributed by atoms with E-state index in [0.717, 1.165) is 18.2 Å². The maximum atomic E-state index is 12.3. The molecule has 2 heterocycles. The van der Waals surface area contributed by atoms with Crippen LogP contribution in [0.2, 0.25) is 0 Å². The SMILES string of the molecule is Cc1ccc2c(c1)N1CC3CCCC3C1C(=O)N2. The van der Waals surface area contributed by atoms with Gasteiger partial charge in [-0.05, 0) is 49.3 Å². The quantitative estimate of drug-likeness (QED) is 0.758. The molecule has 0 aromatic heterocycles. The minimum absolute atomic E-state index is 0.0896. The van der Waals surface area contributed by atoms with Gasteiger partial charge in [-0.15, -0.1) is 0 Å². The van der Waals surface area contributed by atoms with Crippen molar-refractivity contribution in [3.63, 3.8) is 0 Å². The van der Waals surface area contributed by atoms with E-state index in [2.05, 4.69) is 29.3 Å². The number of carbonyl (C=O) groups excluding carboxylic acids is 1.